The fraction of sp³-hybridized carbons (Fsp3) is 0. The quantitative estimate of drug-likeness (QED) is 0.175. The molecule has 0 saturated carbocycles. The van der Waals surface area contributed by atoms with Gasteiger partial charge in [-0.05, 0) is 84.9 Å². The zero-order chi connectivity index (χ0) is 39.0. The summed E-state index contributed by atoms with van der Waals surface area (Å²) in [7, 11) is 0. The molecule has 12 aromatic rings. The molecule has 0 N–H and O–H groups in total. The molecular weight excluding hydrogens is 725 g/mol. The topological polar surface area (TPSA) is 85.5 Å². The molecule has 0 fully saturated rings. The van der Waals surface area contributed by atoms with Crippen LogP contribution in [0.1, 0.15) is 5.56 Å². The summed E-state index contributed by atoms with van der Waals surface area (Å²) in [5.74, 6) is 1.52. The van der Waals surface area contributed by atoms with E-state index in [2.05, 4.69) is 143 Å². The number of benzene rings is 8. The van der Waals surface area contributed by atoms with Gasteiger partial charge in [0.2, 0.25) is 0 Å². The molecule has 12 rings (SSSR count). The largest absolute Gasteiger partial charge is 0.455 e. The second kappa shape index (κ2) is 12.8. The van der Waals surface area contributed by atoms with Crippen molar-refractivity contribution in [2.45, 2.75) is 0 Å². The first-order chi connectivity index (χ1) is 29.2. The highest BCUT2D eigenvalue weighted by Crippen LogP contribution is 2.44. The van der Waals surface area contributed by atoms with Gasteiger partial charge in [0.25, 0.3) is 0 Å². The highest BCUT2D eigenvalue weighted by molar-refractivity contribution is 6.29. The van der Waals surface area contributed by atoms with Crippen LogP contribution in [0.4, 0.5) is 0 Å². The van der Waals surface area contributed by atoms with E-state index in [1.54, 1.807) is 6.07 Å². The molecule has 0 saturated heterocycles. The van der Waals surface area contributed by atoms with E-state index in [0.717, 1.165) is 88.1 Å². The summed E-state index contributed by atoms with van der Waals surface area (Å²) < 4.78 is 11.7. The number of para-hydroxylation sites is 3. The molecule has 0 amide bonds. The van der Waals surface area contributed by atoms with Gasteiger partial charge in [-0.25, -0.2) is 15.0 Å². The van der Waals surface area contributed by atoms with Crippen LogP contribution in [0.15, 0.2) is 186 Å². The maximum atomic E-state index is 9.91. The van der Waals surface area contributed by atoms with Gasteiger partial charge in [-0.15, -0.1) is 0 Å². The lowest BCUT2D eigenvalue weighted by atomic mass is 10.1. The second-order valence-electron chi connectivity index (χ2n) is 14.7. The van der Waals surface area contributed by atoms with Crippen LogP contribution in [0, 0.1) is 11.3 Å². The van der Waals surface area contributed by atoms with E-state index in [4.69, 9.17) is 19.4 Å². The van der Waals surface area contributed by atoms with E-state index in [9.17, 15) is 5.26 Å². The lowest BCUT2D eigenvalue weighted by Gasteiger charge is -2.11. The van der Waals surface area contributed by atoms with Crippen molar-refractivity contribution in [1.29, 1.82) is 5.26 Å². The molecule has 0 spiro atoms. The number of nitriles is 1. The third-order valence-corrected chi connectivity index (χ3v) is 11.4. The van der Waals surface area contributed by atoms with Crippen LogP contribution in [0.5, 0.6) is 0 Å². The fourth-order valence-corrected chi connectivity index (χ4v) is 8.81. The number of hydrogen-bond donors (Lipinski definition) is 0. The van der Waals surface area contributed by atoms with Crippen molar-refractivity contribution in [1.82, 2.24) is 24.1 Å². The van der Waals surface area contributed by atoms with Gasteiger partial charge < -0.3 is 13.6 Å². The van der Waals surface area contributed by atoms with Gasteiger partial charge >= 0.3 is 0 Å². The Bertz CT molecular complexity index is 3670. The molecule has 0 bridgehead atoms. The predicted octanol–water partition coefficient (Wildman–Crippen LogP) is 12.8. The van der Waals surface area contributed by atoms with Crippen LogP contribution in [0.25, 0.3) is 111 Å². The Morgan fingerprint density at radius 1 is 0.390 bits per heavy atom. The molecule has 0 radical (unpaired) electrons. The third-order valence-electron chi connectivity index (χ3n) is 11.4. The maximum absolute atomic E-state index is 9.91. The minimum atomic E-state index is 0.453. The van der Waals surface area contributed by atoms with E-state index >= 15 is 0 Å². The van der Waals surface area contributed by atoms with Crippen molar-refractivity contribution < 1.29 is 4.42 Å². The van der Waals surface area contributed by atoms with E-state index in [-0.39, 0.29) is 0 Å². The van der Waals surface area contributed by atoms with Gasteiger partial charge in [0, 0.05) is 49.6 Å². The zero-order valence-corrected chi connectivity index (χ0v) is 31.4. The third kappa shape index (κ3) is 4.97. The maximum Gasteiger partial charge on any atom is 0.165 e. The lowest BCUT2D eigenvalue weighted by molar-refractivity contribution is 0.677. The molecule has 4 aromatic heterocycles. The molecule has 7 heteroatoms. The Kier molecular flexibility index (Phi) is 7.16. The SMILES string of the molecule is N#Cc1ccccc1-c1nc(-c2ccccc2)nc(-c2ccc(-n3c4ccccc4c4c5oc6c(ccc7c6c6ccccc6n7-c6ccccc6)c5ccc43)cc2)n1. The normalized spacial score (nSPS) is 11.7. The highest BCUT2D eigenvalue weighted by atomic mass is 16.3. The number of furan rings is 1. The van der Waals surface area contributed by atoms with Crippen LogP contribution >= 0.6 is 0 Å². The van der Waals surface area contributed by atoms with Gasteiger partial charge in [-0.1, -0.05) is 97.1 Å². The summed E-state index contributed by atoms with van der Waals surface area (Å²) in [6.45, 7) is 0. The summed E-state index contributed by atoms with van der Waals surface area (Å²) in [4.78, 5) is 14.7. The highest BCUT2D eigenvalue weighted by Gasteiger charge is 2.23. The van der Waals surface area contributed by atoms with E-state index in [0.29, 0.717) is 28.6 Å². The van der Waals surface area contributed by atoms with Crippen LogP contribution in [-0.2, 0) is 0 Å². The van der Waals surface area contributed by atoms with Crippen molar-refractivity contribution in [3.8, 4) is 51.6 Å². The molecule has 4 heterocycles. The summed E-state index contributed by atoms with van der Waals surface area (Å²) in [5.41, 5.74) is 11.1. The number of rotatable bonds is 5. The Morgan fingerprint density at radius 2 is 0.864 bits per heavy atom. The predicted molar refractivity (Wildman–Crippen MR) is 237 cm³/mol. The Morgan fingerprint density at radius 3 is 1.46 bits per heavy atom. The van der Waals surface area contributed by atoms with Crippen LogP contribution < -0.4 is 0 Å². The summed E-state index contributed by atoms with van der Waals surface area (Å²) in [5, 5.41) is 16.5. The molecule has 0 aliphatic carbocycles. The smallest absolute Gasteiger partial charge is 0.165 e. The molecular formula is C52H30N6O. The van der Waals surface area contributed by atoms with Crippen molar-refractivity contribution in [2.24, 2.45) is 0 Å². The average Bonchev–Trinajstić information content (AvgIpc) is 3.97. The molecule has 0 atom stereocenters. The fourth-order valence-electron chi connectivity index (χ4n) is 8.81. The minimum Gasteiger partial charge on any atom is -0.455 e. The van der Waals surface area contributed by atoms with E-state index in [1.165, 1.54) is 0 Å². The van der Waals surface area contributed by atoms with Gasteiger partial charge in [-0.3, -0.25) is 0 Å². The second-order valence-corrected chi connectivity index (χ2v) is 14.7. The van der Waals surface area contributed by atoms with Gasteiger partial charge in [0.15, 0.2) is 17.5 Å². The van der Waals surface area contributed by atoms with Crippen LogP contribution in [0.3, 0.4) is 0 Å². The zero-order valence-electron chi connectivity index (χ0n) is 31.4. The van der Waals surface area contributed by atoms with Crippen molar-refractivity contribution in [3.63, 3.8) is 0 Å². The molecule has 8 aromatic carbocycles. The minimum absolute atomic E-state index is 0.453. The van der Waals surface area contributed by atoms with Gasteiger partial charge in [0.05, 0.1) is 44.5 Å². The first kappa shape index (κ1) is 32.9. The molecule has 59 heavy (non-hydrogen) atoms. The standard InChI is InChI=1S/C52H30N6O/c53-31-34-15-7-8-18-37(34)52-55-50(32-13-3-1-4-14-32)54-51(56-52)33-23-25-36(26-24-33)58-43-22-12-10-20-41(43)47-45(58)30-28-39-38-27-29-44-46(48(38)59-49(39)47)40-19-9-11-21-42(40)57(44)35-16-5-2-6-17-35/h1-30H. The molecule has 274 valence electrons. The van der Waals surface area contributed by atoms with Crippen molar-refractivity contribution >= 4 is 65.6 Å². The van der Waals surface area contributed by atoms with Crippen LogP contribution in [-0.4, -0.2) is 24.1 Å². The molecule has 0 aliphatic heterocycles. The van der Waals surface area contributed by atoms with Crippen molar-refractivity contribution in [2.75, 3.05) is 0 Å². The number of hydrogen-bond acceptors (Lipinski definition) is 5. The Labute approximate surface area is 337 Å². The van der Waals surface area contributed by atoms with E-state index < -0.39 is 0 Å². The number of fused-ring (bicyclic) bond motifs is 11. The Hall–Kier alpha value is -8.34. The first-order valence-electron chi connectivity index (χ1n) is 19.5. The number of nitrogens with zero attached hydrogens (tertiary/aromatic N) is 6. The van der Waals surface area contributed by atoms with Gasteiger partial charge in [-0.2, -0.15) is 5.26 Å². The van der Waals surface area contributed by atoms with Crippen molar-refractivity contribution in [3.05, 3.63) is 188 Å². The summed E-state index contributed by atoms with van der Waals surface area (Å²) in [6, 6.07) is 64.4. The average molecular weight is 755 g/mol. The monoisotopic (exact) mass is 754 g/mol. The Balaban J connectivity index is 1.04. The summed E-state index contributed by atoms with van der Waals surface area (Å²) in [6.07, 6.45) is 0. The molecule has 0 aliphatic rings. The van der Waals surface area contributed by atoms with Gasteiger partial charge in [0.1, 0.15) is 11.2 Å². The molecule has 0 unspecified atom stereocenters. The summed E-state index contributed by atoms with van der Waals surface area (Å²) >= 11 is 0. The first-order valence-corrected chi connectivity index (χ1v) is 19.5. The molecule has 7 nitrogen and oxygen atoms in total. The lowest BCUT2D eigenvalue weighted by Crippen LogP contribution is -2.01. The number of aromatic nitrogens is 5. The van der Waals surface area contributed by atoms with E-state index in [1.807, 2.05) is 48.5 Å². The van der Waals surface area contributed by atoms with Crippen LogP contribution in [0.2, 0.25) is 0 Å².